The molecule has 1 aromatic carbocycles. The van der Waals surface area contributed by atoms with Crippen molar-refractivity contribution in [2.45, 2.75) is 59.0 Å². The van der Waals surface area contributed by atoms with Gasteiger partial charge in [-0.15, -0.1) is 13.2 Å². The summed E-state index contributed by atoms with van der Waals surface area (Å²) in [4.78, 5) is 12.1. The Morgan fingerprint density at radius 1 is 1.29 bits per heavy atom. The fourth-order valence-electron chi connectivity index (χ4n) is 2.08. The van der Waals surface area contributed by atoms with Crippen molar-refractivity contribution in [1.29, 1.82) is 0 Å². The topological polar surface area (TPSA) is 58.6 Å². The molecule has 0 saturated heterocycles. The molecule has 1 rings (SSSR count). The quantitative estimate of drug-likeness (QED) is 0.819. The second kappa shape index (κ2) is 7.88. The van der Waals surface area contributed by atoms with Gasteiger partial charge in [0, 0.05) is 0 Å². The molecule has 0 spiro atoms. The van der Waals surface area contributed by atoms with Gasteiger partial charge in [0.05, 0.1) is 18.6 Å². The molecule has 0 aromatic heterocycles. The molecule has 0 heterocycles. The first-order valence-corrected chi connectivity index (χ1v) is 7.75. The van der Waals surface area contributed by atoms with Crippen LogP contribution in [0.4, 0.5) is 13.2 Å². The van der Waals surface area contributed by atoms with E-state index in [1.807, 2.05) is 27.7 Å². The fraction of sp³-hybridized carbons (Fsp3) is 0.588. The molecule has 2 N–H and O–H groups in total. The third-order valence-electron chi connectivity index (χ3n) is 3.62. The predicted octanol–water partition coefficient (Wildman–Crippen LogP) is 3.95. The molecule has 0 radical (unpaired) electrons. The van der Waals surface area contributed by atoms with Crippen LogP contribution >= 0.6 is 0 Å². The number of amides is 1. The summed E-state index contributed by atoms with van der Waals surface area (Å²) in [6, 6.07) is 5.06. The van der Waals surface area contributed by atoms with Gasteiger partial charge in [-0.25, -0.2) is 0 Å². The maximum atomic E-state index is 12.3. The lowest BCUT2D eigenvalue weighted by molar-refractivity contribution is -0.274. The van der Waals surface area contributed by atoms with E-state index < -0.39 is 23.9 Å². The lowest BCUT2D eigenvalue weighted by Crippen LogP contribution is -2.35. The Labute approximate surface area is 140 Å². The number of carbonyl (C=O) groups is 1. The van der Waals surface area contributed by atoms with Crippen LogP contribution in [0.2, 0.25) is 0 Å². The molecule has 0 saturated carbocycles. The van der Waals surface area contributed by atoms with E-state index in [1.54, 1.807) is 6.07 Å². The highest BCUT2D eigenvalue weighted by Gasteiger charge is 2.31. The summed E-state index contributed by atoms with van der Waals surface area (Å²) in [7, 11) is 0. The summed E-state index contributed by atoms with van der Waals surface area (Å²) < 4.78 is 40.8. The molecular formula is C17H24F3NO3. The lowest BCUT2D eigenvalue weighted by atomic mass is 9.87. The molecule has 0 fully saturated rings. The van der Waals surface area contributed by atoms with Gasteiger partial charge in [-0.1, -0.05) is 39.8 Å². The summed E-state index contributed by atoms with van der Waals surface area (Å²) in [5, 5.41) is 12.7. The van der Waals surface area contributed by atoms with Gasteiger partial charge in [0.1, 0.15) is 5.75 Å². The Kier molecular flexibility index (Phi) is 6.66. The smallest absolute Gasteiger partial charge is 0.406 e. The summed E-state index contributed by atoms with van der Waals surface area (Å²) >= 11 is 0. The molecule has 0 unspecified atom stereocenters. The van der Waals surface area contributed by atoms with E-state index in [4.69, 9.17) is 0 Å². The number of benzene rings is 1. The van der Waals surface area contributed by atoms with E-state index in [9.17, 15) is 23.1 Å². The Morgan fingerprint density at radius 2 is 1.92 bits per heavy atom. The number of alkyl halides is 3. The van der Waals surface area contributed by atoms with Crippen LogP contribution in [0, 0.1) is 5.41 Å². The van der Waals surface area contributed by atoms with Gasteiger partial charge < -0.3 is 15.2 Å². The minimum absolute atomic E-state index is 0.0707. The van der Waals surface area contributed by atoms with E-state index >= 15 is 0 Å². The molecule has 24 heavy (non-hydrogen) atoms. The number of hydrogen-bond acceptors (Lipinski definition) is 3. The summed E-state index contributed by atoms with van der Waals surface area (Å²) in [6.07, 6.45) is -5.15. The molecule has 4 nitrogen and oxygen atoms in total. The average Bonchev–Trinajstić information content (AvgIpc) is 2.42. The van der Waals surface area contributed by atoms with Crippen molar-refractivity contribution in [2.24, 2.45) is 5.41 Å². The van der Waals surface area contributed by atoms with Crippen molar-refractivity contribution in [3.63, 3.8) is 0 Å². The van der Waals surface area contributed by atoms with Crippen LogP contribution in [-0.4, -0.2) is 23.5 Å². The van der Waals surface area contributed by atoms with Crippen LogP contribution in [0.3, 0.4) is 0 Å². The van der Waals surface area contributed by atoms with Crippen molar-refractivity contribution in [2.75, 3.05) is 0 Å². The van der Waals surface area contributed by atoms with Gasteiger partial charge in [-0.3, -0.25) is 4.79 Å². The molecule has 0 aliphatic rings. The monoisotopic (exact) mass is 347 g/mol. The summed E-state index contributed by atoms with van der Waals surface area (Å²) in [5.41, 5.74) is 0.0809. The van der Waals surface area contributed by atoms with Crippen LogP contribution in [-0.2, 0) is 4.79 Å². The van der Waals surface area contributed by atoms with Crippen LogP contribution in [0.25, 0.3) is 0 Å². The Morgan fingerprint density at radius 3 is 2.42 bits per heavy atom. The maximum Gasteiger partial charge on any atom is 0.573 e. The average molecular weight is 347 g/mol. The zero-order valence-corrected chi connectivity index (χ0v) is 14.3. The van der Waals surface area contributed by atoms with Crippen LogP contribution in [0.15, 0.2) is 24.3 Å². The summed E-state index contributed by atoms with van der Waals surface area (Å²) in [6.45, 7) is 7.27. The molecule has 0 aliphatic heterocycles. The third-order valence-corrected chi connectivity index (χ3v) is 3.62. The maximum absolute atomic E-state index is 12.3. The number of carbonyl (C=O) groups excluding carboxylic acids is 1. The SMILES string of the molecule is CC[C@H](NC(=O)C[C@H](O)C(C)(C)C)c1cccc(OC(F)(F)F)c1. The van der Waals surface area contributed by atoms with Crippen LogP contribution < -0.4 is 10.1 Å². The molecule has 1 aromatic rings. The first-order valence-electron chi connectivity index (χ1n) is 7.75. The first-order chi connectivity index (χ1) is 10.9. The normalized spacial score (nSPS) is 14.8. The van der Waals surface area contributed by atoms with E-state index in [0.29, 0.717) is 12.0 Å². The number of aliphatic hydroxyl groups excluding tert-OH is 1. The molecule has 7 heteroatoms. The van der Waals surface area contributed by atoms with Gasteiger partial charge in [-0.05, 0) is 29.5 Å². The number of halogens is 3. The minimum Gasteiger partial charge on any atom is -0.406 e. The first kappa shape index (κ1) is 20.3. The van der Waals surface area contributed by atoms with E-state index in [0.717, 1.165) is 0 Å². The fourth-order valence-corrected chi connectivity index (χ4v) is 2.08. The Hall–Kier alpha value is -1.76. The Bertz CT molecular complexity index is 553. The number of rotatable bonds is 6. The highest BCUT2D eigenvalue weighted by Crippen LogP contribution is 2.27. The van der Waals surface area contributed by atoms with E-state index in [1.165, 1.54) is 18.2 Å². The lowest BCUT2D eigenvalue weighted by Gasteiger charge is -2.26. The highest BCUT2D eigenvalue weighted by molar-refractivity contribution is 5.77. The van der Waals surface area contributed by atoms with Crippen molar-refractivity contribution in [3.8, 4) is 5.75 Å². The molecular weight excluding hydrogens is 323 g/mol. The third kappa shape index (κ3) is 6.78. The standard InChI is InChI=1S/C17H24F3NO3/c1-5-13(21-15(23)10-14(22)16(2,3)4)11-7-6-8-12(9-11)24-17(18,19)20/h6-9,13-14,22H,5,10H2,1-4H3,(H,21,23)/t13-,14-/m0/s1. The van der Waals surface area contributed by atoms with Crippen molar-refractivity contribution in [3.05, 3.63) is 29.8 Å². The minimum atomic E-state index is -4.76. The van der Waals surface area contributed by atoms with Gasteiger partial charge in [-0.2, -0.15) is 0 Å². The molecule has 136 valence electrons. The van der Waals surface area contributed by atoms with Gasteiger partial charge in [0.15, 0.2) is 0 Å². The molecule has 1 amide bonds. The number of ether oxygens (including phenoxy) is 1. The zero-order chi connectivity index (χ0) is 18.5. The molecule has 0 bridgehead atoms. The second-order valence-corrected chi connectivity index (χ2v) is 6.73. The summed E-state index contributed by atoms with van der Waals surface area (Å²) in [5.74, 6) is -0.686. The van der Waals surface area contributed by atoms with E-state index in [-0.39, 0.29) is 18.1 Å². The molecule has 2 atom stereocenters. The van der Waals surface area contributed by atoms with E-state index in [2.05, 4.69) is 10.1 Å². The van der Waals surface area contributed by atoms with Crippen molar-refractivity contribution < 1.29 is 27.8 Å². The molecule has 0 aliphatic carbocycles. The van der Waals surface area contributed by atoms with Crippen molar-refractivity contribution >= 4 is 5.91 Å². The van der Waals surface area contributed by atoms with Gasteiger partial charge in [0.25, 0.3) is 0 Å². The number of aliphatic hydroxyl groups is 1. The predicted molar refractivity (Wildman–Crippen MR) is 84.4 cm³/mol. The number of nitrogens with one attached hydrogen (secondary N) is 1. The highest BCUT2D eigenvalue weighted by atomic mass is 19.4. The Balaban J connectivity index is 2.79. The largest absolute Gasteiger partial charge is 0.573 e. The van der Waals surface area contributed by atoms with Crippen LogP contribution in [0.5, 0.6) is 5.75 Å². The number of hydrogen-bond donors (Lipinski definition) is 2. The van der Waals surface area contributed by atoms with Crippen molar-refractivity contribution in [1.82, 2.24) is 5.32 Å². The van der Waals surface area contributed by atoms with Gasteiger partial charge >= 0.3 is 6.36 Å². The van der Waals surface area contributed by atoms with Gasteiger partial charge in [0.2, 0.25) is 5.91 Å². The second-order valence-electron chi connectivity index (χ2n) is 6.73. The van der Waals surface area contributed by atoms with Crippen LogP contribution in [0.1, 0.15) is 52.1 Å². The zero-order valence-electron chi connectivity index (χ0n) is 14.3.